The lowest BCUT2D eigenvalue weighted by molar-refractivity contribution is -0.264. The SMILES string of the molecule is COc1ccc([C@]23Cc4ccccc4C(O2)C2=C(O3)C(=O)c3ccccc3C2=O)cc1. The number of ketones is 2. The van der Waals surface area contributed by atoms with Crippen LogP contribution in [0.15, 0.2) is 84.1 Å². The van der Waals surface area contributed by atoms with Gasteiger partial charge in [-0.1, -0.05) is 48.5 Å². The number of fused-ring (bicyclic) bond motifs is 6. The normalized spacial score (nSPS) is 23.5. The van der Waals surface area contributed by atoms with Crippen molar-refractivity contribution < 1.29 is 23.8 Å². The van der Waals surface area contributed by atoms with E-state index in [9.17, 15) is 9.59 Å². The van der Waals surface area contributed by atoms with Crippen molar-refractivity contribution in [1.29, 1.82) is 0 Å². The average Bonchev–Trinajstić information content (AvgIpc) is 2.82. The van der Waals surface area contributed by atoms with E-state index in [1.165, 1.54) is 0 Å². The molecule has 2 aliphatic heterocycles. The van der Waals surface area contributed by atoms with E-state index in [1.54, 1.807) is 31.4 Å². The Morgan fingerprint density at radius 3 is 2.29 bits per heavy atom. The van der Waals surface area contributed by atoms with Crippen LogP contribution < -0.4 is 4.74 Å². The number of rotatable bonds is 2. The fourth-order valence-electron chi connectivity index (χ4n) is 4.72. The second-order valence-electron chi connectivity index (χ2n) is 7.90. The summed E-state index contributed by atoms with van der Waals surface area (Å²) < 4.78 is 18.1. The molecule has 0 radical (unpaired) electrons. The number of carbonyl (C=O) groups is 2. The molecule has 0 N–H and O–H groups in total. The Morgan fingerprint density at radius 2 is 1.55 bits per heavy atom. The highest BCUT2D eigenvalue weighted by Crippen LogP contribution is 2.53. The summed E-state index contributed by atoms with van der Waals surface area (Å²) in [4.78, 5) is 26.8. The molecule has 3 aliphatic rings. The summed E-state index contributed by atoms with van der Waals surface area (Å²) in [6, 6.07) is 22.1. The lowest BCUT2D eigenvalue weighted by atomic mass is 9.78. The van der Waals surface area contributed by atoms with E-state index in [-0.39, 0.29) is 22.9 Å². The molecular weight excluding hydrogens is 392 g/mol. The molecule has 0 amide bonds. The van der Waals surface area contributed by atoms with Crippen LogP contribution in [0.2, 0.25) is 0 Å². The predicted molar refractivity (Wildman–Crippen MR) is 112 cm³/mol. The maximum atomic E-state index is 13.4. The molecule has 1 unspecified atom stereocenters. The smallest absolute Gasteiger partial charge is 0.242 e. The Morgan fingerprint density at radius 1 is 0.871 bits per heavy atom. The monoisotopic (exact) mass is 410 g/mol. The molecule has 5 nitrogen and oxygen atoms in total. The minimum Gasteiger partial charge on any atom is -0.497 e. The van der Waals surface area contributed by atoms with Crippen LogP contribution in [0, 0.1) is 0 Å². The first-order chi connectivity index (χ1) is 15.1. The molecule has 6 rings (SSSR count). The van der Waals surface area contributed by atoms with Gasteiger partial charge in [0.2, 0.25) is 11.6 Å². The van der Waals surface area contributed by atoms with Gasteiger partial charge in [0.1, 0.15) is 11.9 Å². The molecule has 1 aliphatic carbocycles. The van der Waals surface area contributed by atoms with Gasteiger partial charge in [-0.15, -0.1) is 0 Å². The summed E-state index contributed by atoms with van der Waals surface area (Å²) in [7, 11) is 1.61. The van der Waals surface area contributed by atoms with E-state index in [2.05, 4.69) is 0 Å². The molecule has 152 valence electrons. The first kappa shape index (κ1) is 18.1. The molecule has 0 aromatic heterocycles. The largest absolute Gasteiger partial charge is 0.497 e. The van der Waals surface area contributed by atoms with Crippen LogP contribution in [0.3, 0.4) is 0 Å². The Balaban J connectivity index is 1.58. The van der Waals surface area contributed by atoms with Crippen LogP contribution in [0.4, 0.5) is 0 Å². The van der Waals surface area contributed by atoms with Crippen molar-refractivity contribution in [3.05, 3.63) is 112 Å². The summed E-state index contributed by atoms with van der Waals surface area (Å²) in [5.74, 6) is -0.912. The number of hydrogen-bond donors (Lipinski definition) is 0. The van der Waals surface area contributed by atoms with Gasteiger partial charge < -0.3 is 14.2 Å². The van der Waals surface area contributed by atoms with Crippen molar-refractivity contribution in [1.82, 2.24) is 0 Å². The highest BCUT2D eigenvalue weighted by Gasteiger charge is 2.54. The maximum Gasteiger partial charge on any atom is 0.242 e. The summed E-state index contributed by atoms with van der Waals surface area (Å²) in [6.07, 6.45) is -0.257. The molecule has 31 heavy (non-hydrogen) atoms. The molecule has 2 bridgehead atoms. The number of carbonyl (C=O) groups excluding carboxylic acids is 2. The van der Waals surface area contributed by atoms with Gasteiger partial charge in [0.25, 0.3) is 0 Å². The third-order valence-electron chi connectivity index (χ3n) is 6.24. The highest BCUT2D eigenvalue weighted by molar-refractivity contribution is 6.26. The topological polar surface area (TPSA) is 61.8 Å². The summed E-state index contributed by atoms with van der Waals surface area (Å²) in [5, 5.41) is 0. The zero-order valence-electron chi connectivity index (χ0n) is 16.8. The fourth-order valence-corrected chi connectivity index (χ4v) is 4.72. The first-order valence-corrected chi connectivity index (χ1v) is 10.1. The van der Waals surface area contributed by atoms with Gasteiger partial charge in [-0.25, -0.2) is 0 Å². The van der Waals surface area contributed by atoms with Crippen LogP contribution in [0.25, 0.3) is 0 Å². The summed E-state index contributed by atoms with van der Waals surface area (Å²) >= 11 is 0. The second kappa shape index (κ2) is 6.40. The fraction of sp³-hybridized carbons (Fsp3) is 0.154. The van der Waals surface area contributed by atoms with Crippen molar-refractivity contribution in [2.45, 2.75) is 18.3 Å². The molecule has 0 fully saturated rings. The standard InChI is InChI=1S/C26H18O5/c1-29-17-12-10-16(11-13-17)26-14-15-6-2-3-7-18(15)24(30-26)21-22(27)19-8-4-5-9-20(19)23(28)25(21)31-26/h2-13,24H,14H2,1H3/t24?,26-/m1/s1. The molecule has 5 heteroatoms. The summed E-state index contributed by atoms with van der Waals surface area (Å²) in [5.41, 5.74) is 3.71. The molecule has 2 atom stereocenters. The van der Waals surface area contributed by atoms with Crippen LogP contribution in [0.5, 0.6) is 5.75 Å². The lowest BCUT2D eigenvalue weighted by Gasteiger charge is -2.47. The van der Waals surface area contributed by atoms with Crippen molar-refractivity contribution >= 4 is 11.6 Å². The molecule has 0 saturated carbocycles. The Bertz CT molecular complexity index is 1290. The molecule has 3 aromatic rings. The van der Waals surface area contributed by atoms with Gasteiger partial charge in [0.05, 0.1) is 12.7 Å². The van der Waals surface area contributed by atoms with Gasteiger partial charge in [-0.05, 0) is 35.4 Å². The quantitative estimate of drug-likeness (QED) is 0.621. The Hall–Kier alpha value is -3.70. The van der Waals surface area contributed by atoms with Crippen molar-refractivity contribution in [3.63, 3.8) is 0 Å². The molecule has 0 saturated heterocycles. The van der Waals surface area contributed by atoms with E-state index in [0.29, 0.717) is 23.3 Å². The van der Waals surface area contributed by atoms with Gasteiger partial charge >= 0.3 is 0 Å². The number of hydrogen-bond acceptors (Lipinski definition) is 5. The second-order valence-corrected chi connectivity index (χ2v) is 7.90. The lowest BCUT2D eigenvalue weighted by Crippen LogP contribution is -2.47. The van der Waals surface area contributed by atoms with Gasteiger partial charge in [-0.3, -0.25) is 9.59 Å². The molecule has 3 aromatic carbocycles. The van der Waals surface area contributed by atoms with E-state index < -0.39 is 11.9 Å². The van der Waals surface area contributed by atoms with Gasteiger partial charge in [0.15, 0.2) is 11.5 Å². The predicted octanol–water partition coefficient (Wildman–Crippen LogP) is 4.53. The zero-order valence-corrected chi connectivity index (χ0v) is 16.8. The molecule has 2 heterocycles. The number of ether oxygens (including phenoxy) is 3. The van der Waals surface area contributed by atoms with Crippen LogP contribution in [-0.2, 0) is 21.7 Å². The number of benzene rings is 3. The van der Waals surface area contributed by atoms with E-state index in [0.717, 1.165) is 16.7 Å². The van der Waals surface area contributed by atoms with E-state index >= 15 is 0 Å². The molecule has 0 spiro atoms. The summed E-state index contributed by atoms with van der Waals surface area (Å²) in [6.45, 7) is 0. The van der Waals surface area contributed by atoms with Crippen LogP contribution >= 0.6 is 0 Å². The maximum absolute atomic E-state index is 13.4. The van der Waals surface area contributed by atoms with E-state index in [4.69, 9.17) is 14.2 Å². The Labute approximate surface area is 178 Å². The van der Waals surface area contributed by atoms with Gasteiger partial charge in [0, 0.05) is 23.1 Å². The van der Waals surface area contributed by atoms with Crippen molar-refractivity contribution in [3.8, 4) is 5.75 Å². The Kier molecular flexibility index (Phi) is 3.73. The average molecular weight is 410 g/mol. The number of methoxy groups -OCH3 is 1. The zero-order chi connectivity index (χ0) is 21.2. The van der Waals surface area contributed by atoms with Crippen molar-refractivity contribution in [2.24, 2.45) is 0 Å². The minimum atomic E-state index is -1.20. The van der Waals surface area contributed by atoms with Gasteiger partial charge in [-0.2, -0.15) is 0 Å². The third kappa shape index (κ3) is 2.47. The van der Waals surface area contributed by atoms with Crippen LogP contribution in [0.1, 0.15) is 43.5 Å². The van der Waals surface area contributed by atoms with Crippen molar-refractivity contribution in [2.75, 3.05) is 7.11 Å². The minimum absolute atomic E-state index is 0.0882. The highest BCUT2D eigenvalue weighted by atomic mass is 16.7. The number of allylic oxidation sites excluding steroid dienone is 1. The van der Waals surface area contributed by atoms with Crippen LogP contribution in [-0.4, -0.2) is 18.7 Å². The number of Topliss-reactive ketones (excluding diaryl/α,β-unsaturated/α-hetero) is 2. The third-order valence-corrected chi connectivity index (χ3v) is 6.24. The van der Waals surface area contributed by atoms with E-state index in [1.807, 2.05) is 48.5 Å². The first-order valence-electron chi connectivity index (χ1n) is 10.1. The molecular formula is C26H18O5.